The van der Waals surface area contributed by atoms with E-state index in [1.54, 1.807) is 58.9 Å². The summed E-state index contributed by atoms with van der Waals surface area (Å²) in [6.07, 6.45) is -0.629. The smallest absolute Gasteiger partial charge is 0.322 e. The molecular weight excluding hydrogens is 786 g/mol. The molecule has 0 saturated carbocycles. The molecule has 6 atom stereocenters. The highest BCUT2D eigenvalue weighted by atomic mass is 16.4. The lowest BCUT2D eigenvalue weighted by molar-refractivity contribution is -0.147. The van der Waals surface area contributed by atoms with Crippen LogP contribution in [-0.4, -0.2) is 129 Å². The molecule has 332 valence electrons. The van der Waals surface area contributed by atoms with Crippen molar-refractivity contribution in [1.82, 2.24) is 36.8 Å². The highest BCUT2D eigenvalue weighted by molar-refractivity contribution is 6.38. The van der Waals surface area contributed by atoms with Crippen molar-refractivity contribution < 1.29 is 63.3 Å². The fraction of sp³-hybridized carbons (Fsp3) is 0.600. The van der Waals surface area contributed by atoms with E-state index in [-0.39, 0.29) is 45.2 Å². The number of carbonyl (C=O) groups is 10. The highest BCUT2D eigenvalue weighted by Gasteiger charge is 2.41. The SMILES string of the molecule is CCC[C@H](NC(=O)[C@@H]1Cc2ccccc2CN1C(=O)[C@@H](NC(=O)[C@@H](NC[C@H](CCC(=O)O)NC(=O)[C@H](CCC(=O)O)NC(C)=O)C(C)C)C(C)C)C(=O)C(=O)NCC(=O)O. The van der Waals surface area contributed by atoms with Crippen LogP contribution in [0.4, 0.5) is 0 Å². The number of Topliss-reactive ketones (excluding diaryl/α,β-unsaturated/α-hetero) is 1. The Morgan fingerprint density at radius 3 is 1.87 bits per heavy atom. The minimum absolute atomic E-state index is 0.0273. The lowest BCUT2D eigenvalue weighted by Crippen LogP contribution is -2.62. The molecule has 1 aliphatic rings. The van der Waals surface area contributed by atoms with Crippen molar-refractivity contribution in [3.63, 3.8) is 0 Å². The topological polar surface area (TPSA) is 307 Å². The van der Waals surface area contributed by atoms with Gasteiger partial charge in [0.25, 0.3) is 5.91 Å². The van der Waals surface area contributed by atoms with Crippen LogP contribution in [0.3, 0.4) is 0 Å². The molecule has 20 heteroatoms. The van der Waals surface area contributed by atoms with Gasteiger partial charge in [-0.05, 0) is 42.2 Å². The number of ketones is 1. The molecule has 0 bridgehead atoms. The van der Waals surface area contributed by atoms with Gasteiger partial charge in [0.05, 0.1) is 12.1 Å². The summed E-state index contributed by atoms with van der Waals surface area (Å²) < 4.78 is 0. The standard InChI is InChI=1S/C40H59N7O13/c1-7-10-27(35(55)39(59)42-19-32(53)54)45-37(57)29-17-24-11-8-9-12-25(24)20-47(29)40(60)34(22(4)5)46-38(58)33(21(2)3)41-18-26(13-15-30(49)50)44-36(56)28(43-23(6)48)14-16-31(51)52/h8-9,11-12,21-22,26-29,33-34,41H,7,10,13-20H2,1-6H3,(H,42,59)(H,43,48)(H,44,56)(H,45,57)(H,46,58)(H,49,50)(H,51,52)(H,53,54)/t26-,27-,28-,29-,33-,34-/m0/s1. The van der Waals surface area contributed by atoms with Crippen molar-refractivity contribution in [2.24, 2.45) is 11.8 Å². The molecule has 0 spiro atoms. The number of carbonyl (C=O) groups excluding carboxylic acids is 7. The summed E-state index contributed by atoms with van der Waals surface area (Å²) in [5.74, 6) is -10.1. The summed E-state index contributed by atoms with van der Waals surface area (Å²) in [5, 5.41) is 42.9. The zero-order chi connectivity index (χ0) is 45.3. The Balaban J connectivity index is 2.36. The van der Waals surface area contributed by atoms with Gasteiger partial charge in [-0.3, -0.25) is 47.9 Å². The molecule has 60 heavy (non-hydrogen) atoms. The van der Waals surface area contributed by atoms with Crippen molar-refractivity contribution >= 4 is 59.1 Å². The van der Waals surface area contributed by atoms with E-state index in [2.05, 4.69) is 26.6 Å². The van der Waals surface area contributed by atoms with E-state index in [4.69, 9.17) is 10.2 Å². The van der Waals surface area contributed by atoms with Crippen LogP contribution in [0.5, 0.6) is 0 Å². The second kappa shape index (κ2) is 24.2. The summed E-state index contributed by atoms with van der Waals surface area (Å²) in [4.78, 5) is 128. The highest BCUT2D eigenvalue weighted by Crippen LogP contribution is 2.26. The molecule has 6 amide bonds. The van der Waals surface area contributed by atoms with Crippen LogP contribution in [0, 0.1) is 11.8 Å². The zero-order valence-electron chi connectivity index (χ0n) is 34.9. The van der Waals surface area contributed by atoms with E-state index in [0.717, 1.165) is 18.1 Å². The summed E-state index contributed by atoms with van der Waals surface area (Å²) >= 11 is 0. The Morgan fingerprint density at radius 2 is 1.32 bits per heavy atom. The number of nitrogens with zero attached hydrogens (tertiary/aromatic N) is 1. The van der Waals surface area contributed by atoms with Gasteiger partial charge in [0.2, 0.25) is 35.3 Å². The normalized spacial score (nSPS) is 15.9. The molecular formula is C40H59N7O13. The van der Waals surface area contributed by atoms with Crippen LogP contribution in [0.15, 0.2) is 24.3 Å². The molecule has 0 aromatic heterocycles. The second-order valence-corrected chi connectivity index (χ2v) is 15.4. The van der Waals surface area contributed by atoms with E-state index in [1.807, 2.05) is 5.32 Å². The molecule has 0 radical (unpaired) electrons. The molecule has 0 aliphatic carbocycles. The first kappa shape index (κ1) is 50.2. The van der Waals surface area contributed by atoms with E-state index in [1.165, 1.54) is 4.90 Å². The third-order valence-electron chi connectivity index (χ3n) is 9.83. The third-order valence-corrected chi connectivity index (χ3v) is 9.83. The average Bonchev–Trinajstić information content (AvgIpc) is 3.17. The van der Waals surface area contributed by atoms with E-state index in [0.29, 0.717) is 6.42 Å². The van der Waals surface area contributed by atoms with Crippen LogP contribution >= 0.6 is 0 Å². The predicted molar refractivity (Wildman–Crippen MR) is 214 cm³/mol. The minimum Gasteiger partial charge on any atom is -0.481 e. The fourth-order valence-corrected chi connectivity index (χ4v) is 6.66. The first-order valence-corrected chi connectivity index (χ1v) is 19.9. The van der Waals surface area contributed by atoms with Crippen LogP contribution in [0.2, 0.25) is 0 Å². The first-order chi connectivity index (χ1) is 28.2. The summed E-state index contributed by atoms with van der Waals surface area (Å²) in [5.41, 5.74) is 1.51. The maximum absolute atomic E-state index is 14.5. The number of amides is 6. The van der Waals surface area contributed by atoms with Gasteiger partial charge in [-0.1, -0.05) is 65.3 Å². The lowest BCUT2D eigenvalue weighted by atomic mass is 9.91. The molecule has 0 fully saturated rings. The predicted octanol–water partition coefficient (Wildman–Crippen LogP) is -0.531. The number of fused-ring (bicyclic) bond motifs is 1. The van der Waals surface area contributed by atoms with Gasteiger partial charge in [0, 0.05) is 45.3 Å². The summed E-state index contributed by atoms with van der Waals surface area (Å²) in [7, 11) is 0. The van der Waals surface area contributed by atoms with Crippen LogP contribution in [0.1, 0.15) is 91.2 Å². The zero-order valence-corrected chi connectivity index (χ0v) is 34.9. The molecule has 1 aliphatic heterocycles. The van der Waals surface area contributed by atoms with Gasteiger partial charge >= 0.3 is 17.9 Å². The van der Waals surface area contributed by atoms with Gasteiger partial charge in [0.15, 0.2) is 0 Å². The number of hydrogen-bond acceptors (Lipinski definition) is 11. The fourth-order valence-electron chi connectivity index (χ4n) is 6.66. The number of carboxylic acids is 3. The summed E-state index contributed by atoms with van der Waals surface area (Å²) in [6, 6.07) is 0.393. The maximum Gasteiger partial charge on any atom is 0.322 e. The van der Waals surface area contributed by atoms with E-state index in [9.17, 15) is 53.1 Å². The van der Waals surface area contributed by atoms with Gasteiger partial charge in [0.1, 0.15) is 24.7 Å². The number of nitrogens with one attached hydrogen (secondary N) is 6. The van der Waals surface area contributed by atoms with Crippen LogP contribution in [-0.2, 0) is 60.9 Å². The Labute approximate surface area is 348 Å². The lowest BCUT2D eigenvalue weighted by Gasteiger charge is -2.39. The quantitative estimate of drug-likeness (QED) is 0.0560. The molecule has 1 heterocycles. The molecule has 1 aromatic rings. The Bertz CT molecular complexity index is 1750. The Hall–Kier alpha value is -5.92. The Kier molecular flexibility index (Phi) is 20.3. The van der Waals surface area contributed by atoms with Gasteiger partial charge in [-0.15, -0.1) is 0 Å². The van der Waals surface area contributed by atoms with Crippen LogP contribution < -0.4 is 31.9 Å². The molecule has 9 N–H and O–H groups in total. The third kappa shape index (κ3) is 16.0. The largest absolute Gasteiger partial charge is 0.481 e. The van der Waals surface area contributed by atoms with Crippen molar-refractivity contribution in [3.8, 4) is 0 Å². The van der Waals surface area contributed by atoms with Crippen LogP contribution in [0.25, 0.3) is 0 Å². The van der Waals surface area contributed by atoms with Gasteiger partial charge < -0.3 is 52.1 Å². The number of carboxylic acid groups (broad SMARTS) is 3. The van der Waals surface area contributed by atoms with Crippen molar-refractivity contribution in [3.05, 3.63) is 35.4 Å². The second-order valence-electron chi connectivity index (χ2n) is 15.4. The van der Waals surface area contributed by atoms with Gasteiger partial charge in [-0.25, -0.2) is 0 Å². The minimum atomic E-state index is -1.36. The molecule has 1 aromatic carbocycles. The van der Waals surface area contributed by atoms with Crippen molar-refractivity contribution in [2.45, 2.75) is 129 Å². The average molecular weight is 846 g/mol. The molecule has 2 rings (SSSR count). The number of rotatable bonds is 25. The number of aliphatic carboxylic acids is 3. The molecule has 20 nitrogen and oxygen atoms in total. The van der Waals surface area contributed by atoms with Crippen molar-refractivity contribution in [2.75, 3.05) is 13.1 Å². The summed E-state index contributed by atoms with van der Waals surface area (Å²) in [6.45, 7) is 8.79. The monoisotopic (exact) mass is 845 g/mol. The van der Waals surface area contributed by atoms with Gasteiger partial charge in [-0.2, -0.15) is 0 Å². The number of hydrogen-bond donors (Lipinski definition) is 9. The number of benzene rings is 1. The maximum atomic E-state index is 14.5. The molecule has 0 unspecified atom stereocenters. The van der Waals surface area contributed by atoms with Crippen molar-refractivity contribution in [1.29, 1.82) is 0 Å². The van der Waals surface area contributed by atoms with E-state index >= 15 is 0 Å². The Morgan fingerprint density at radius 1 is 0.717 bits per heavy atom. The molecule has 0 saturated heterocycles. The first-order valence-electron chi connectivity index (χ1n) is 19.9. The van der Waals surface area contributed by atoms with E-state index < -0.39 is 120 Å².